The average molecular weight is 192 g/mol. The monoisotopic (exact) mass is 192 g/mol. The summed E-state index contributed by atoms with van der Waals surface area (Å²) in [5.74, 6) is 0. The van der Waals surface area contributed by atoms with Crippen molar-refractivity contribution < 1.29 is 0 Å². The van der Waals surface area contributed by atoms with E-state index >= 15 is 0 Å². The molecule has 0 nitrogen and oxygen atoms in total. The lowest BCUT2D eigenvalue weighted by Crippen LogP contribution is -2.16. The van der Waals surface area contributed by atoms with Gasteiger partial charge in [0.05, 0.1) is 0 Å². The molecule has 0 saturated heterocycles. The van der Waals surface area contributed by atoms with Crippen LogP contribution in [0.5, 0.6) is 0 Å². The van der Waals surface area contributed by atoms with Crippen LogP contribution < -0.4 is 0 Å². The molecule has 0 atom stereocenters. The first-order valence-corrected chi connectivity index (χ1v) is 5.53. The van der Waals surface area contributed by atoms with Crippen LogP contribution in [-0.4, -0.2) is 0 Å². The summed E-state index contributed by atoms with van der Waals surface area (Å²) in [6, 6.07) is 0. The third-order valence-electron chi connectivity index (χ3n) is 2.88. The zero-order chi connectivity index (χ0) is 11.1. The van der Waals surface area contributed by atoms with Crippen molar-refractivity contribution in [1.82, 2.24) is 0 Å². The molecular formula is C14H24. The van der Waals surface area contributed by atoms with Crippen LogP contribution in [0.4, 0.5) is 0 Å². The first kappa shape index (κ1) is 11.6. The van der Waals surface area contributed by atoms with Crippen molar-refractivity contribution in [1.29, 1.82) is 0 Å². The fourth-order valence-corrected chi connectivity index (χ4v) is 2.10. The molecule has 0 unspecified atom stereocenters. The Morgan fingerprint density at radius 3 is 1.71 bits per heavy atom. The molecule has 1 aliphatic carbocycles. The van der Waals surface area contributed by atoms with E-state index in [2.05, 4.69) is 54.5 Å². The SMILES string of the molecule is CC1=CC(C(C)(C)C)=C(C(C)(C)C)C1. The summed E-state index contributed by atoms with van der Waals surface area (Å²) in [5, 5.41) is 0. The maximum atomic E-state index is 2.39. The minimum absolute atomic E-state index is 0.292. The van der Waals surface area contributed by atoms with Crippen molar-refractivity contribution in [3.05, 3.63) is 22.8 Å². The van der Waals surface area contributed by atoms with E-state index in [1.54, 1.807) is 11.1 Å². The molecule has 80 valence electrons. The van der Waals surface area contributed by atoms with E-state index in [4.69, 9.17) is 0 Å². The van der Waals surface area contributed by atoms with Gasteiger partial charge in [-0.25, -0.2) is 0 Å². The molecule has 0 aromatic heterocycles. The van der Waals surface area contributed by atoms with E-state index < -0.39 is 0 Å². The average Bonchev–Trinajstić information content (AvgIpc) is 2.27. The molecule has 1 aliphatic rings. The molecule has 0 radical (unpaired) electrons. The lowest BCUT2D eigenvalue weighted by atomic mass is 9.76. The minimum Gasteiger partial charge on any atom is -0.0689 e. The van der Waals surface area contributed by atoms with Crippen molar-refractivity contribution in [2.45, 2.75) is 54.9 Å². The van der Waals surface area contributed by atoms with Gasteiger partial charge in [0.15, 0.2) is 0 Å². The summed E-state index contributed by atoms with van der Waals surface area (Å²) in [6.07, 6.45) is 3.57. The molecule has 0 aromatic carbocycles. The van der Waals surface area contributed by atoms with Gasteiger partial charge in [-0.05, 0) is 29.7 Å². The van der Waals surface area contributed by atoms with Gasteiger partial charge in [0.1, 0.15) is 0 Å². The van der Waals surface area contributed by atoms with Crippen LogP contribution in [0.25, 0.3) is 0 Å². The Kier molecular flexibility index (Phi) is 2.69. The number of rotatable bonds is 0. The lowest BCUT2D eigenvalue weighted by Gasteiger charge is -2.29. The zero-order valence-corrected chi connectivity index (χ0v) is 10.8. The van der Waals surface area contributed by atoms with Gasteiger partial charge in [0.2, 0.25) is 0 Å². The smallest absolute Gasteiger partial charge is 0.00967 e. The maximum Gasteiger partial charge on any atom is -0.00967 e. The van der Waals surface area contributed by atoms with Crippen LogP contribution in [0.1, 0.15) is 54.9 Å². The zero-order valence-electron chi connectivity index (χ0n) is 10.8. The third kappa shape index (κ3) is 2.29. The fourth-order valence-electron chi connectivity index (χ4n) is 2.10. The van der Waals surface area contributed by atoms with Gasteiger partial charge in [-0.3, -0.25) is 0 Å². The number of allylic oxidation sites excluding steroid dienone is 4. The Morgan fingerprint density at radius 1 is 0.929 bits per heavy atom. The van der Waals surface area contributed by atoms with E-state index in [0.717, 1.165) is 0 Å². The molecule has 0 heterocycles. The van der Waals surface area contributed by atoms with Crippen LogP contribution in [0, 0.1) is 10.8 Å². The van der Waals surface area contributed by atoms with E-state index in [0.29, 0.717) is 10.8 Å². The van der Waals surface area contributed by atoms with Gasteiger partial charge >= 0.3 is 0 Å². The molecular weight excluding hydrogens is 168 g/mol. The predicted molar refractivity (Wildman–Crippen MR) is 64.3 cm³/mol. The van der Waals surface area contributed by atoms with Gasteiger partial charge in [0, 0.05) is 0 Å². The molecule has 0 amide bonds. The van der Waals surface area contributed by atoms with E-state index in [9.17, 15) is 0 Å². The second kappa shape index (κ2) is 3.25. The fraction of sp³-hybridized carbons (Fsp3) is 0.714. The molecule has 0 heteroatoms. The second-order valence-corrected chi connectivity index (χ2v) is 6.56. The van der Waals surface area contributed by atoms with Gasteiger partial charge in [0.25, 0.3) is 0 Å². The third-order valence-corrected chi connectivity index (χ3v) is 2.88. The Balaban J connectivity index is 3.17. The largest absolute Gasteiger partial charge is 0.0689 e. The van der Waals surface area contributed by atoms with Gasteiger partial charge < -0.3 is 0 Å². The second-order valence-electron chi connectivity index (χ2n) is 6.56. The highest BCUT2D eigenvalue weighted by Gasteiger charge is 2.29. The molecule has 0 bridgehead atoms. The molecule has 0 aliphatic heterocycles. The van der Waals surface area contributed by atoms with Crippen LogP contribution >= 0.6 is 0 Å². The topological polar surface area (TPSA) is 0 Å². The highest BCUT2D eigenvalue weighted by atomic mass is 14.3. The first-order chi connectivity index (χ1) is 6.12. The quantitative estimate of drug-likeness (QED) is 0.520. The highest BCUT2D eigenvalue weighted by molar-refractivity contribution is 5.43. The Labute approximate surface area is 89.1 Å². The van der Waals surface area contributed by atoms with Crippen LogP contribution in [0.2, 0.25) is 0 Å². The van der Waals surface area contributed by atoms with E-state index in [1.165, 1.54) is 12.0 Å². The standard InChI is InChI=1S/C14H24/c1-10-8-11(13(2,3)4)12(9-10)14(5,6)7/h8H,9H2,1-7H3. The van der Waals surface area contributed by atoms with Crippen molar-refractivity contribution in [3.8, 4) is 0 Å². The molecule has 0 fully saturated rings. The Morgan fingerprint density at radius 2 is 1.43 bits per heavy atom. The Hall–Kier alpha value is -0.520. The first-order valence-electron chi connectivity index (χ1n) is 5.53. The summed E-state index contributed by atoms with van der Waals surface area (Å²) in [5.41, 5.74) is 5.31. The van der Waals surface area contributed by atoms with Crippen LogP contribution in [-0.2, 0) is 0 Å². The van der Waals surface area contributed by atoms with Crippen molar-refractivity contribution in [3.63, 3.8) is 0 Å². The van der Waals surface area contributed by atoms with Crippen molar-refractivity contribution in [2.24, 2.45) is 10.8 Å². The van der Waals surface area contributed by atoms with Gasteiger partial charge in [-0.15, -0.1) is 0 Å². The summed E-state index contributed by atoms with van der Waals surface area (Å²) in [4.78, 5) is 0. The maximum absolute atomic E-state index is 2.39. The van der Waals surface area contributed by atoms with Crippen molar-refractivity contribution >= 4 is 0 Å². The van der Waals surface area contributed by atoms with E-state index in [1.807, 2.05) is 0 Å². The highest BCUT2D eigenvalue weighted by Crippen LogP contribution is 2.44. The van der Waals surface area contributed by atoms with Crippen LogP contribution in [0.15, 0.2) is 22.8 Å². The predicted octanol–water partition coefficient (Wildman–Crippen LogP) is 4.73. The van der Waals surface area contributed by atoms with E-state index in [-0.39, 0.29) is 0 Å². The summed E-state index contributed by atoms with van der Waals surface area (Å²) in [7, 11) is 0. The summed E-state index contributed by atoms with van der Waals surface area (Å²) in [6.45, 7) is 16.1. The lowest BCUT2D eigenvalue weighted by molar-refractivity contribution is 0.452. The molecule has 14 heavy (non-hydrogen) atoms. The summed E-state index contributed by atoms with van der Waals surface area (Å²) < 4.78 is 0. The normalized spacial score (nSPS) is 18.9. The molecule has 0 N–H and O–H groups in total. The number of hydrogen-bond donors (Lipinski definition) is 0. The molecule has 0 saturated carbocycles. The summed E-state index contributed by atoms with van der Waals surface area (Å²) >= 11 is 0. The van der Waals surface area contributed by atoms with Crippen LogP contribution in [0.3, 0.4) is 0 Å². The van der Waals surface area contributed by atoms with Crippen molar-refractivity contribution in [2.75, 3.05) is 0 Å². The molecule has 1 rings (SSSR count). The molecule has 0 spiro atoms. The molecule has 0 aromatic rings. The number of hydrogen-bond acceptors (Lipinski definition) is 0. The minimum atomic E-state index is 0.292. The van der Waals surface area contributed by atoms with Gasteiger partial charge in [-0.1, -0.05) is 58.8 Å². The van der Waals surface area contributed by atoms with Gasteiger partial charge in [-0.2, -0.15) is 0 Å². The Bertz CT molecular complexity index is 287.